The lowest BCUT2D eigenvalue weighted by Crippen LogP contribution is -2.33. The summed E-state index contributed by atoms with van der Waals surface area (Å²) in [6.07, 6.45) is 6.68. The highest BCUT2D eigenvalue weighted by Crippen LogP contribution is 2.63. The highest BCUT2D eigenvalue weighted by Gasteiger charge is 2.51. The lowest BCUT2D eigenvalue weighted by atomic mass is 9.65. The highest BCUT2D eigenvalue weighted by atomic mass is 35.5. The number of benzene rings is 5. The van der Waals surface area contributed by atoms with Gasteiger partial charge in [0.1, 0.15) is 0 Å². The molecule has 0 fully saturated rings. The van der Waals surface area contributed by atoms with E-state index in [2.05, 4.69) is 91.0 Å². The third-order valence-corrected chi connectivity index (χ3v) is 9.94. The van der Waals surface area contributed by atoms with Gasteiger partial charge in [-0.1, -0.05) is 96.2 Å². The lowest BCUT2D eigenvalue weighted by Gasteiger charge is -2.41. The van der Waals surface area contributed by atoms with Crippen LogP contribution in [0.3, 0.4) is 0 Å². The van der Waals surface area contributed by atoms with Crippen molar-refractivity contribution >= 4 is 39.7 Å². The summed E-state index contributed by atoms with van der Waals surface area (Å²) in [5.41, 5.74) is 10.7. The van der Waals surface area contributed by atoms with Gasteiger partial charge in [0.05, 0.1) is 17.0 Å². The summed E-state index contributed by atoms with van der Waals surface area (Å²) in [6, 6.07) is 36.9. The molecule has 1 heterocycles. The average molecular weight is 536 g/mol. The van der Waals surface area contributed by atoms with Crippen molar-refractivity contribution in [1.82, 2.24) is 0 Å². The minimum absolute atomic E-state index is 0.393. The van der Waals surface area contributed by atoms with E-state index in [0.717, 1.165) is 39.8 Å². The fraction of sp³-hybridized carbons (Fsp3) is 0.0833. The van der Waals surface area contributed by atoms with E-state index in [1.807, 2.05) is 36.0 Å². The van der Waals surface area contributed by atoms with Crippen LogP contribution in [0, 0.1) is 11.3 Å². The molecule has 1 spiro atoms. The predicted molar refractivity (Wildman–Crippen MR) is 161 cm³/mol. The molecular weight excluding hydrogens is 514 g/mol. The van der Waals surface area contributed by atoms with Crippen LogP contribution in [0.4, 0.5) is 0 Å². The second-order valence-electron chi connectivity index (χ2n) is 10.4. The maximum Gasteiger partial charge on any atom is 0.0998 e. The number of halogens is 1. The van der Waals surface area contributed by atoms with Crippen molar-refractivity contribution in [2.75, 3.05) is 0 Å². The first kappa shape index (κ1) is 22.9. The zero-order valence-corrected chi connectivity index (χ0v) is 22.6. The van der Waals surface area contributed by atoms with E-state index < -0.39 is 5.41 Å². The molecular formula is C36H22ClNS. The molecule has 0 saturated carbocycles. The van der Waals surface area contributed by atoms with Gasteiger partial charge in [-0.15, -0.1) is 0 Å². The van der Waals surface area contributed by atoms with E-state index in [1.54, 1.807) is 0 Å². The summed E-state index contributed by atoms with van der Waals surface area (Å²) in [6.45, 7) is 0. The van der Waals surface area contributed by atoms with Crippen molar-refractivity contribution in [1.29, 1.82) is 5.26 Å². The quantitative estimate of drug-likeness (QED) is 0.213. The highest BCUT2D eigenvalue weighted by molar-refractivity contribution is 7.99. The van der Waals surface area contributed by atoms with Crippen molar-refractivity contribution < 1.29 is 0 Å². The Morgan fingerprint density at radius 2 is 1.54 bits per heavy atom. The lowest BCUT2D eigenvalue weighted by molar-refractivity contribution is 0.664. The largest absolute Gasteiger partial charge is 0.192 e. The second kappa shape index (κ2) is 8.48. The molecule has 0 amide bonds. The number of hydrogen-bond donors (Lipinski definition) is 0. The Balaban J connectivity index is 1.48. The van der Waals surface area contributed by atoms with Gasteiger partial charge in [-0.3, -0.25) is 0 Å². The van der Waals surface area contributed by atoms with E-state index in [1.165, 1.54) is 43.2 Å². The third-order valence-electron chi connectivity index (χ3n) is 8.55. The fourth-order valence-corrected chi connectivity index (χ4v) is 8.35. The average Bonchev–Trinajstić information content (AvgIpc) is 3.26. The summed E-state index contributed by atoms with van der Waals surface area (Å²) < 4.78 is 0. The molecule has 0 bridgehead atoms. The Morgan fingerprint density at radius 3 is 2.44 bits per heavy atom. The monoisotopic (exact) mass is 535 g/mol. The molecule has 1 nitrogen and oxygen atoms in total. The molecule has 1 atom stereocenters. The fourth-order valence-electron chi connectivity index (χ4n) is 7.00. The third kappa shape index (κ3) is 3.09. The van der Waals surface area contributed by atoms with Gasteiger partial charge in [-0.2, -0.15) is 5.26 Å². The number of fused-ring (bicyclic) bond motifs is 9. The molecule has 3 heteroatoms. The molecule has 1 aliphatic heterocycles. The van der Waals surface area contributed by atoms with E-state index >= 15 is 0 Å². The summed E-state index contributed by atoms with van der Waals surface area (Å²) in [5, 5.41) is 12.6. The first-order chi connectivity index (χ1) is 19.2. The molecule has 5 aromatic rings. The van der Waals surface area contributed by atoms with Crippen LogP contribution in [0.15, 0.2) is 125 Å². The van der Waals surface area contributed by atoms with E-state index in [0.29, 0.717) is 5.56 Å². The minimum Gasteiger partial charge on any atom is -0.192 e. The number of rotatable bonds is 1. The summed E-state index contributed by atoms with van der Waals surface area (Å²) >= 11 is 8.59. The van der Waals surface area contributed by atoms with E-state index in [4.69, 9.17) is 11.6 Å². The maximum atomic E-state index is 9.74. The van der Waals surface area contributed by atoms with Crippen molar-refractivity contribution in [2.45, 2.75) is 28.0 Å². The first-order valence-electron chi connectivity index (χ1n) is 13.2. The molecule has 0 radical (unpaired) electrons. The Labute approximate surface area is 237 Å². The van der Waals surface area contributed by atoms with Gasteiger partial charge in [-0.25, -0.2) is 0 Å². The first-order valence-corrected chi connectivity index (χ1v) is 14.4. The Hall–Kier alpha value is -4.03. The van der Waals surface area contributed by atoms with Crippen molar-refractivity contribution in [2.24, 2.45) is 0 Å². The number of hydrogen-bond acceptors (Lipinski definition) is 2. The van der Waals surface area contributed by atoms with E-state index in [9.17, 15) is 5.26 Å². The van der Waals surface area contributed by atoms with E-state index in [-0.39, 0.29) is 0 Å². The molecule has 8 rings (SSSR count). The Bertz CT molecular complexity index is 1970. The number of nitrogens with zero attached hydrogens (tertiary/aromatic N) is 1. The van der Waals surface area contributed by atoms with Gasteiger partial charge in [0.2, 0.25) is 0 Å². The predicted octanol–water partition coefficient (Wildman–Crippen LogP) is 9.95. The van der Waals surface area contributed by atoms with Gasteiger partial charge in [0.15, 0.2) is 0 Å². The van der Waals surface area contributed by atoms with Gasteiger partial charge in [0, 0.05) is 20.2 Å². The molecule has 184 valence electrons. The topological polar surface area (TPSA) is 23.8 Å². The smallest absolute Gasteiger partial charge is 0.0998 e. The van der Waals surface area contributed by atoms with Gasteiger partial charge in [-0.05, 0) is 99.2 Å². The van der Waals surface area contributed by atoms with Crippen molar-refractivity contribution in [3.8, 4) is 17.2 Å². The summed E-state index contributed by atoms with van der Waals surface area (Å²) in [7, 11) is 0. The molecule has 1 unspecified atom stereocenters. The van der Waals surface area contributed by atoms with Crippen LogP contribution in [-0.4, -0.2) is 0 Å². The van der Waals surface area contributed by atoms with Crippen LogP contribution < -0.4 is 0 Å². The van der Waals surface area contributed by atoms with Crippen LogP contribution in [0.5, 0.6) is 0 Å². The summed E-state index contributed by atoms with van der Waals surface area (Å²) in [4.78, 5) is 2.58. The molecule has 0 aromatic heterocycles. The zero-order valence-electron chi connectivity index (χ0n) is 21.0. The van der Waals surface area contributed by atoms with Gasteiger partial charge in [0.25, 0.3) is 0 Å². The van der Waals surface area contributed by atoms with Crippen molar-refractivity contribution in [3.05, 3.63) is 148 Å². The second-order valence-corrected chi connectivity index (χ2v) is 11.9. The Kier molecular flexibility index (Phi) is 4.98. The maximum absolute atomic E-state index is 9.74. The zero-order chi connectivity index (χ0) is 26.1. The molecule has 0 saturated heterocycles. The minimum atomic E-state index is -0.393. The van der Waals surface area contributed by atoms with Crippen LogP contribution in [0.1, 0.15) is 40.7 Å². The number of allylic oxidation sites excluding steroid dienone is 4. The van der Waals surface area contributed by atoms with Crippen LogP contribution in [-0.2, 0) is 5.41 Å². The Morgan fingerprint density at radius 1 is 0.744 bits per heavy atom. The normalized spacial score (nSPS) is 18.5. The van der Waals surface area contributed by atoms with Crippen LogP contribution >= 0.6 is 23.4 Å². The molecule has 2 aliphatic carbocycles. The standard InChI is InChI=1S/C36H22ClNS/c37-24-15-17-29-28-9-3-4-10-30(28)36(32(29)20-24)31-11-5-6-12-34(31)39-35-18-14-22(19-33(35)36)26-16-13-23(21-38)25-7-1-2-8-27(25)26/h1-3,5-9,11-20H,4,10H2. The van der Waals surface area contributed by atoms with Gasteiger partial charge < -0.3 is 0 Å². The molecule has 5 aromatic carbocycles. The van der Waals surface area contributed by atoms with Gasteiger partial charge >= 0.3 is 0 Å². The number of nitriles is 1. The molecule has 39 heavy (non-hydrogen) atoms. The van der Waals surface area contributed by atoms with Crippen LogP contribution in [0.25, 0.3) is 27.5 Å². The van der Waals surface area contributed by atoms with Crippen molar-refractivity contribution in [3.63, 3.8) is 0 Å². The SMILES string of the molecule is N#Cc1ccc(-c2ccc3c(c2)C2(C4=C(C=CCC4)c4ccc(Cl)cc42)c2ccccc2S3)c2ccccc12. The van der Waals surface area contributed by atoms with Crippen LogP contribution in [0.2, 0.25) is 5.02 Å². The molecule has 0 N–H and O–H groups in total. The molecule has 3 aliphatic rings. The summed E-state index contributed by atoms with van der Waals surface area (Å²) in [5.74, 6) is 0.